The van der Waals surface area contributed by atoms with Crippen LogP contribution in [0.2, 0.25) is 0 Å². The minimum Gasteiger partial charge on any atom is -0.384 e. The minimum absolute atomic E-state index is 0.438. The van der Waals surface area contributed by atoms with Crippen molar-refractivity contribution in [2.45, 2.75) is 44.6 Å². The Labute approximate surface area is 131 Å². The smallest absolute Gasteiger partial charge is 0.101 e. The normalized spacial score (nSPS) is 21.6. The van der Waals surface area contributed by atoms with Gasteiger partial charge in [0.1, 0.15) is 6.10 Å². The quantitative estimate of drug-likeness (QED) is 0.503. The standard InChI is InChI=1S/C15H18BrIO/c16-12-8-9-14(17)13(10-12)15(18)11-6-4-2-1-3-5-7-11/h6,8-10,15,18H,1-5,7H2/b11-6+. The lowest BCUT2D eigenvalue weighted by atomic mass is 9.93. The maximum atomic E-state index is 10.6. The van der Waals surface area contributed by atoms with Crippen molar-refractivity contribution in [2.24, 2.45) is 0 Å². The second-order valence-corrected chi connectivity index (χ2v) is 6.88. The predicted molar refractivity (Wildman–Crippen MR) is 87.6 cm³/mol. The molecule has 18 heavy (non-hydrogen) atoms. The molecule has 2 rings (SSSR count). The van der Waals surface area contributed by atoms with Crippen molar-refractivity contribution in [1.82, 2.24) is 0 Å². The van der Waals surface area contributed by atoms with E-state index in [-0.39, 0.29) is 0 Å². The van der Waals surface area contributed by atoms with Gasteiger partial charge in [-0.05, 0) is 77.6 Å². The van der Waals surface area contributed by atoms with Crippen molar-refractivity contribution in [3.05, 3.63) is 43.5 Å². The van der Waals surface area contributed by atoms with E-state index >= 15 is 0 Å². The summed E-state index contributed by atoms with van der Waals surface area (Å²) in [5.41, 5.74) is 2.22. The van der Waals surface area contributed by atoms with Crippen molar-refractivity contribution in [1.29, 1.82) is 0 Å². The van der Waals surface area contributed by atoms with E-state index < -0.39 is 6.10 Å². The van der Waals surface area contributed by atoms with E-state index in [2.05, 4.69) is 44.6 Å². The summed E-state index contributed by atoms with van der Waals surface area (Å²) >= 11 is 5.78. The Morgan fingerprint density at radius 2 is 1.94 bits per heavy atom. The van der Waals surface area contributed by atoms with Gasteiger partial charge in [-0.15, -0.1) is 0 Å². The van der Waals surface area contributed by atoms with Crippen LogP contribution in [0.25, 0.3) is 0 Å². The topological polar surface area (TPSA) is 20.2 Å². The summed E-state index contributed by atoms with van der Waals surface area (Å²) in [7, 11) is 0. The molecule has 1 aliphatic rings. The molecule has 0 saturated carbocycles. The van der Waals surface area contributed by atoms with E-state index in [9.17, 15) is 5.11 Å². The molecule has 1 nitrogen and oxygen atoms in total. The van der Waals surface area contributed by atoms with Crippen LogP contribution in [-0.4, -0.2) is 5.11 Å². The molecule has 1 N–H and O–H groups in total. The first-order valence-corrected chi connectivity index (χ1v) is 8.37. The van der Waals surface area contributed by atoms with E-state index in [1.54, 1.807) is 0 Å². The second kappa shape index (κ2) is 7.06. The summed E-state index contributed by atoms with van der Waals surface area (Å²) in [6.45, 7) is 0. The van der Waals surface area contributed by atoms with Crippen molar-refractivity contribution in [2.75, 3.05) is 0 Å². The molecular weight excluding hydrogens is 403 g/mol. The number of benzene rings is 1. The summed E-state index contributed by atoms with van der Waals surface area (Å²) in [6.07, 6.45) is 9.03. The molecule has 1 aromatic carbocycles. The summed E-state index contributed by atoms with van der Waals surface area (Å²) in [6, 6.07) is 6.10. The molecule has 0 radical (unpaired) electrons. The molecule has 0 bridgehead atoms. The fourth-order valence-corrected chi connectivity index (χ4v) is 3.40. The van der Waals surface area contributed by atoms with Gasteiger partial charge in [0.2, 0.25) is 0 Å². The lowest BCUT2D eigenvalue weighted by Gasteiger charge is -2.19. The van der Waals surface area contributed by atoms with Crippen LogP contribution in [0.5, 0.6) is 0 Å². The van der Waals surface area contributed by atoms with E-state index in [4.69, 9.17) is 0 Å². The molecule has 0 fully saturated rings. The van der Waals surface area contributed by atoms with Crippen LogP contribution in [0.4, 0.5) is 0 Å². The molecule has 0 saturated heterocycles. The monoisotopic (exact) mass is 420 g/mol. The molecule has 0 aromatic heterocycles. The minimum atomic E-state index is -0.438. The SMILES string of the molecule is OC(/C1=C/CCCCCC1)c1cc(Br)ccc1I. The zero-order chi connectivity index (χ0) is 13.0. The molecule has 0 spiro atoms. The fraction of sp³-hybridized carbons (Fsp3) is 0.467. The highest BCUT2D eigenvalue weighted by atomic mass is 127. The van der Waals surface area contributed by atoms with Gasteiger partial charge in [0.15, 0.2) is 0 Å². The first-order chi connectivity index (χ1) is 8.68. The van der Waals surface area contributed by atoms with E-state index in [0.29, 0.717) is 0 Å². The summed E-state index contributed by atoms with van der Waals surface area (Å²) in [5.74, 6) is 0. The van der Waals surface area contributed by atoms with Crippen LogP contribution in [-0.2, 0) is 0 Å². The van der Waals surface area contributed by atoms with Crippen LogP contribution >= 0.6 is 38.5 Å². The van der Waals surface area contributed by atoms with Gasteiger partial charge >= 0.3 is 0 Å². The average molecular weight is 421 g/mol. The van der Waals surface area contributed by atoms with Crippen LogP contribution in [0, 0.1) is 3.57 Å². The molecule has 0 amide bonds. The van der Waals surface area contributed by atoms with Crippen molar-refractivity contribution >= 4 is 38.5 Å². The number of aliphatic hydroxyl groups is 1. The molecule has 1 unspecified atom stereocenters. The van der Waals surface area contributed by atoms with Gasteiger partial charge in [-0.3, -0.25) is 0 Å². The van der Waals surface area contributed by atoms with Crippen LogP contribution < -0.4 is 0 Å². The van der Waals surface area contributed by atoms with Crippen LogP contribution in [0.3, 0.4) is 0 Å². The lowest BCUT2D eigenvalue weighted by Crippen LogP contribution is -2.05. The Morgan fingerprint density at radius 3 is 2.78 bits per heavy atom. The third kappa shape index (κ3) is 3.81. The summed E-state index contributed by atoms with van der Waals surface area (Å²) in [4.78, 5) is 0. The Balaban J connectivity index is 2.23. The first-order valence-electron chi connectivity index (χ1n) is 6.50. The van der Waals surface area contributed by atoms with Crippen molar-refractivity contribution in [3.8, 4) is 0 Å². The third-order valence-electron chi connectivity index (χ3n) is 3.43. The van der Waals surface area contributed by atoms with E-state index in [1.807, 2.05) is 18.2 Å². The predicted octanol–water partition coefficient (Wildman–Crippen LogP) is 5.37. The number of allylic oxidation sites excluding steroid dienone is 1. The van der Waals surface area contributed by atoms with Crippen LogP contribution in [0.1, 0.15) is 50.2 Å². The summed E-state index contributed by atoms with van der Waals surface area (Å²) < 4.78 is 2.16. The van der Waals surface area contributed by atoms with Gasteiger partial charge in [0.25, 0.3) is 0 Å². The molecule has 1 aromatic rings. The summed E-state index contributed by atoms with van der Waals surface area (Å²) in [5, 5.41) is 10.6. The number of rotatable bonds is 2. The van der Waals surface area contributed by atoms with E-state index in [0.717, 1.165) is 26.4 Å². The van der Waals surface area contributed by atoms with Crippen molar-refractivity contribution < 1.29 is 5.11 Å². The largest absolute Gasteiger partial charge is 0.384 e. The van der Waals surface area contributed by atoms with Gasteiger partial charge < -0.3 is 5.11 Å². The van der Waals surface area contributed by atoms with Gasteiger partial charge in [-0.2, -0.15) is 0 Å². The lowest BCUT2D eigenvalue weighted by molar-refractivity contribution is 0.208. The Kier molecular flexibility index (Phi) is 5.70. The molecule has 98 valence electrons. The highest BCUT2D eigenvalue weighted by molar-refractivity contribution is 14.1. The Hall–Kier alpha value is 0.130. The molecule has 0 heterocycles. The maximum Gasteiger partial charge on any atom is 0.101 e. The highest BCUT2D eigenvalue weighted by Gasteiger charge is 2.17. The molecular formula is C15H18BrIO. The van der Waals surface area contributed by atoms with Gasteiger partial charge in [-0.1, -0.05) is 34.8 Å². The Morgan fingerprint density at radius 1 is 1.17 bits per heavy atom. The van der Waals surface area contributed by atoms with Crippen LogP contribution in [0.15, 0.2) is 34.3 Å². The number of hydrogen-bond donors (Lipinski definition) is 1. The zero-order valence-corrected chi connectivity index (χ0v) is 14.1. The molecule has 1 aliphatic carbocycles. The van der Waals surface area contributed by atoms with Gasteiger partial charge in [0, 0.05) is 8.04 Å². The molecule has 1 atom stereocenters. The number of halogens is 2. The number of hydrogen-bond acceptors (Lipinski definition) is 1. The van der Waals surface area contributed by atoms with E-state index in [1.165, 1.54) is 31.3 Å². The third-order valence-corrected chi connectivity index (χ3v) is 4.91. The molecule has 0 aliphatic heterocycles. The molecule has 3 heteroatoms. The van der Waals surface area contributed by atoms with Gasteiger partial charge in [0.05, 0.1) is 0 Å². The maximum absolute atomic E-state index is 10.6. The zero-order valence-electron chi connectivity index (χ0n) is 10.3. The Bertz CT molecular complexity index is 442. The average Bonchev–Trinajstić information content (AvgIpc) is 2.31. The fourth-order valence-electron chi connectivity index (χ4n) is 2.39. The first kappa shape index (κ1) is 14.5. The second-order valence-electron chi connectivity index (χ2n) is 4.80. The highest BCUT2D eigenvalue weighted by Crippen LogP contribution is 2.32. The number of aliphatic hydroxyl groups excluding tert-OH is 1. The van der Waals surface area contributed by atoms with Crippen molar-refractivity contribution in [3.63, 3.8) is 0 Å². The van der Waals surface area contributed by atoms with Gasteiger partial charge in [-0.25, -0.2) is 0 Å².